The average molecular weight is 422 g/mol. The first kappa shape index (κ1) is 20.0. The summed E-state index contributed by atoms with van der Waals surface area (Å²) in [5.74, 6) is 6.67. The molecular weight excluding hydrogens is 394 g/mol. The molecule has 1 saturated heterocycles. The lowest BCUT2D eigenvalue weighted by Gasteiger charge is -2.29. The summed E-state index contributed by atoms with van der Waals surface area (Å²) >= 11 is 0. The van der Waals surface area contributed by atoms with Crippen molar-refractivity contribution in [3.05, 3.63) is 35.7 Å². The fraction of sp³-hybridized carbons (Fsp3) is 0.522. The van der Waals surface area contributed by atoms with Crippen molar-refractivity contribution in [2.24, 2.45) is 11.3 Å². The molecule has 8 nitrogen and oxygen atoms in total. The Balaban J connectivity index is 1.25. The third-order valence-electron chi connectivity index (χ3n) is 5.94. The molecule has 0 unspecified atom stereocenters. The first-order valence-electron chi connectivity index (χ1n) is 10.8. The minimum absolute atomic E-state index is 0.244. The molecule has 2 heterocycles. The van der Waals surface area contributed by atoms with Crippen LogP contribution in [0.3, 0.4) is 0 Å². The van der Waals surface area contributed by atoms with E-state index >= 15 is 0 Å². The zero-order valence-electron chi connectivity index (χ0n) is 17.9. The number of aromatic nitrogens is 3. The van der Waals surface area contributed by atoms with Gasteiger partial charge in [-0.15, -0.1) is 5.10 Å². The summed E-state index contributed by atoms with van der Waals surface area (Å²) in [6.45, 7) is 1.87. The normalized spacial score (nSPS) is 19.5. The summed E-state index contributed by atoms with van der Waals surface area (Å²) in [4.78, 5) is 14.8. The van der Waals surface area contributed by atoms with Gasteiger partial charge in [-0.1, -0.05) is 17.1 Å². The molecule has 0 bridgehead atoms. The Morgan fingerprint density at radius 2 is 2.06 bits per heavy atom. The lowest BCUT2D eigenvalue weighted by atomic mass is 10.1. The van der Waals surface area contributed by atoms with Crippen molar-refractivity contribution in [2.45, 2.75) is 38.5 Å². The van der Waals surface area contributed by atoms with Crippen LogP contribution in [0.1, 0.15) is 41.7 Å². The number of anilines is 2. The maximum atomic E-state index is 12.8. The van der Waals surface area contributed by atoms with E-state index in [0.717, 1.165) is 24.5 Å². The number of hydrogen-bond acceptors (Lipinski definition) is 6. The second-order valence-corrected chi connectivity index (χ2v) is 9.00. The number of carbonyl (C=O) groups is 1. The standard InChI is InChI=1S/C23H27N5O3/c1-27(2)20-8-7-17(6-5-16-3-4-16)11-18(20)24-22(29)19-12-28(26-25-19)13-21-30-14-23(9-10-23)15-31-21/h7-8,11-12,16,21H,3-4,9-10,13-15H2,1-2H3,(H,24,29). The maximum Gasteiger partial charge on any atom is 0.277 e. The van der Waals surface area contributed by atoms with Gasteiger partial charge in [0.15, 0.2) is 12.0 Å². The molecule has 1 aromatic carbocycles. The monoisotopic (exact) mass is 421 g/mol. The van der Waals surface area contributed by atoms with E-state index in [9.17, 15) is 4.79 Å². The van der Waals surface area contributed by atoms with Crippen molar-refractivity contribution in [3.8, 4) is 11.8 Å². The highest BCUT2D eigenvalue weighted by molar-refractivity contribution is 6.04. The first-order valence-corrected chi connectivity index (χ1v) is 10.8. The number of carbonyl (C=O) groups excluding carboxylic acids is 1. The third kappa shape index (κ3) is 4.73. The Labute approximate surface area is 181 Å². The van der Waals surface area contributed by atoms with E-state index < -0.39 is 0 Å². The van der Waals surface area contributed by atoms with Gasteiger partial charge >= 0.3 is 0 Å². The highest BCUT2D eigenvalue weighted by atomic mass is 16.7. The fourth-order valence-electron chi connectivity index (χ4n) is 3.55. The molecule has 3 fully saturated rings. The van der Waals surface area contributed by atoms with E-state index in [1.165, 1.54) is 25.7 Å². The topological polar surface area (TPSA) is 81.5 Å². The minimum Gasteiger partial charge on any atom is -0.376 e. The molecule has 31 heavy (non-hydrogen) atoms. The van der Waals surface area contributed by atoms with Crippen LogP contribution in [0.5, 0.6) is 0 Å². The van der Waals surface area contributed by atoms with Crippen LogP contribution in [0, 0.1) is 23.2 Å². The molecule has 1 spiro atoms. The Morgan fingerprint density at radius 3 is 2.74 bits per heavy atom. The van der Waals surface area contributed by atoms with Crippen LogP contribution in [0.4, 0.5) is 11.4 Å². The predicted molar refractivity (Wildman–Crippen MR) is 116 cm³/mol. The Bertz CT molecular complexity index is 1030. The molecule has 1 aromatic heterocycles. The van der Waals surface area contributed by atoms with E-state index in [4.69, 9.17) is 9.47 Å². The van der Waals surface area contributed by atoms with E-state index in [1.807, 2.05) is 37.2 Å². The number of amides is 1. The van der Waals surface area contributed by atoms with E-state index in [0.29, 0.717) is 18.2 Å². The molecule has 5 rings (SSSR count). The number of rotatable bonds is 5. The van der Waals surface area contributed by atoms with Crippen LogP contribution < -0.4 is 10.2 Å². The second kappa shape index (κ2) is 7.98. The summed E-state index contributed by atoms with van der Waals surface area (Å²) in [6, 6.07) is 5.85. The number of benzene rings is 1. The van der Waals surface area contributed by atoms with Crippen molar-refractivity contribution in [2.75, 3.05) is 37.5 Å². The third-order valence-corrected chi connectivity index (χ3v) is 5.94. The van der Waals surface area contributed by atoms with Gasteiger partial charge in [0.1, 0.15) is 0 Å². The SMILES string of the molecule is CN(C)c1ccc(C#CC2CC2)cc1NC(=O)c1cn(CC2OCC3(CC3)CO2)nn1. The van der Waals surface area contributed by atoms with Crippen LogP contribution in [0.25, 0.3) is 0 Å². The van der Waals surface area contributed by atoms with Crippen LogP contribution in [0.15, 0.2) is 24.4 Å². The lowest BCUT2D eigenvalue weighted by molar-refractivity contribution is -0.213. The van der Waals surface area contributed by atoms with Crippen LogP contribution in [-0.2, 0) is 16.0 Å². The molecule has 0 atom stereocenters. The Kier molecular flexibility index (Phi) is 5.16. The van der Waals surface area contributed by atoms with Gasteiger partial charge in [-0.25, -0.2) is 4.68 Å². The van der Waals surface area contributed by atoms with Crippen LogP contribution >= 0.6 is 0 Å². The zero-order chi connectivity index (χ0) is 21.4. The molecule has 0 radical (unpaired) electrons. The molecule has 2 aromatic rings. The second-order valence-electron chi connectivity index (χ2n) is 9.00. The Morgan fingerprint density at radius 1 is 1.29 bits per heavy atom. The summed E-state index contributed by atoms with van der Waals surface area (Å²) in [5.41, 5.74) is 2.98. The average Bonchev–Trinajstić information content (AvgIpc) is 3.68. The van der Waals surface area contributed by atoms with E-state index in [-0.39, 0.29) is 23.3 Å². The minimum atomic E-state index is -0.356. The van der Waals surface area contributed by atoms with E-state index in [2.05, 4.69) is 27.5 Å². The molecule has 3 aliphatic rings. The maximum absolute atomic E-state index is 12.8. The van der Waals surface area contributed by atoms with Gasteiger partial charge in [-0.05, 0) is 43.9 Å². The van der Waals surface area contributed by atoms with Gasteiger partial charge in [0.05, 0.1) is 37.3 Å². The molecule has 2 saturated carbocycles. The van der Waals surface area contributed by atoms with Gasteiger partial charge in [0, 0.05) is 31.0 Å². The Hall–Kier alpha value is -2.89. The van der Waals surface area contributed by atoms with Gasteiger partial charge in [0.25, 0.3) is 5.91 Å². The van der Waals surface area contributed by atoms with Crippen LogP contribution in [0.2, 0.25) is 0 Å². The molecule has 1 aliphatic heterocycles. The zero-order valence-corrected chi connectivity index (χ0v) is 17.9. The molecule has 2 aliphatic carbocycles. The molecule has 8 heteroatoms. The van der Waals surface area contributed by atoms with Crippen molar-refractivity contribution in [3.63, 3.8) is 0 Å². The smallest absolute Gasteiger partial charge is 0.277 e. The number of hydrogen-bond donors (Lipinski definition) is 1. The van der Waals surface area contributed by atoms with Crippen LogP contribution in [-0.4, -0.2) is 54.5 Å². The van der Waals surface area contributed by atoms with Gasteiger partial charge in [0.2, 0.25) is 0 Å². The summed E-state index contributed by atoms with van der Waals surface area (Å²) in [5, 5.41) is 11.1. The predicted octanol–water partition coefficient (Wildman–Crippen LogP) is 2.51. The highest BCUT2D eigenvalue weighted by Gasteiger charge is 2.47. The summed E-state index contributed by atoms with van der Waals surface area (Å²) in [6.07, 6.45) is 5.98. The van der Waals surface area contributed by atoms with E-state index in [1.54, 1.807) is 10.9 Å². The fourth-order valence-corrected chi connectivity index (χ4v) is 3.55. The summed E-state index contributed by atoms with van der Waals surface area (Å²) < 4.78 is 13.2. The molecule has 1 amide bonds. The van der Waals surface area contributed by atoms with Gasteiger partial charge in [-0.3, -0.25) is 4.79 Å². The number of nitrogens with one attached hydrogen (secondary N) is 1. The van der Waals surface area contributed by atoms with Crippen molar-refractivity contribution < 1.29 is 14.3 Å². The molecule has 1 N–H and O–H groups in total. The lowest BCUT2D eigenvalue weighted by Crippen LogP contribution is -2.36. The quantitative estimate of drug-likeness (QED) is 0.747. The largest absolute Gasteiger partial charge is 0.376 e. The number of ether oxygens (including phenoxy) is 2. The number of nitrogens with zero attached hydrogens (tertiary/aromatic N) is 4. The highest BCUT2D eigenvalue weighted by Crippen LogP contribution is 2.48. The van der Waals surface area contributed by atoms with Crippen molar-refractivity contribution in [1.82, 2.24) is 15.0 Å². The van der Waals surface area contributed by atoms with Gasteiger partial charge in [-0.2, -0.15) is 0 Å². The van der Waals surface area contributed by atoms with Crippen molar-refractivity contribution in [1.29, 1.82) is 0 Å². The summed E-state index contributed by atoms with van der Waals surface area (Å²) in [7, 11) is 3.87. The molecular formula is C23H27N5O3. The van der Waals surface area contributed by atoms with Gasteiger partial charge < -0.3 is 19.7 Å². The molecule has 162 valence electrons. The van der Waals surface area contributed by atoms with Crippen molar-refractivity contribution >= 4 is 17.3 Å². The first-order chi connectivity index (χ1) is 15.0.